The lowest BCUT2D eigenvalue weighted by Gasteiger charge is -2.20. The first-order valence-electron chi connectivity index (χ1n) is 6.60. The molecule has 98 valence electrons. The molecule has 2 N–H and O–H groups in total. The maximum atomic E-state index is 6.29. The molecule has 0 aliphatic rings. The van der Waals surface area contributed by atoms with E-state index in [9.17, 15) is 0 Å². The second kappa shape index (κ2) is 4.39. The number of nitrogens with two attached hydrogens (primary N) is 1. The van der Waals surface area contributed by atoms with Crippen molar-refractivity contribution >= 4 is 5.65 Å². The molecule has 0 bridgehead atoms. The number of hydrogen-bond acceptors (Lipinski definition) is 2. The van der Waals surface area contributed by atoms with Crippen LogP contribution >= 0.6 is 0 Å². The van der Waals surface area contributed by atoms with Crippen LogP contribution in [0.25, 0.3) is 5.65 Å². The summed E-state index contributed by atoms with van der Waals surface area (Å²) in [4.78, 5) is 4.84. The van der Waals surface area contributed by atoms with Gasteiger partial charge in [0.2, 0.25) is 0 Å². The summed E-state index contributed by atoms with van der Waals surface area (Å²) in [6.07, 6.45) is 2.99. The van der Waals surface area contributed by atoms with Crippen molar-refractivity contribution in [3.63, 3.8) is 0 Å². The highest BCUT2D eigenvalue weighted by Crippen LogP contribution is 2.31. The fraction of sp³-hybridized carbons (Fsp3) is 0.533. The quantitative estimate of drug-likeness (QED) is 0.881. The smallest absolute Gasteiger partial charge is 0.140 e. The molecule has 2 aromatic heterocycles. The number of pyridine rings is 1. The van der Waals surface area contributed by atoms with Gasteiger partial charge < -0.3 is 10.1 Å². The summed E-state index contributed by atoms with van der Waals surface area (Å²) in [6, 6.07) is 4.19. The van der Waals surface area contributed by atoms with Crippen LogP contribution in [-0.4, -0.2) is 9.38 Å². The minimum Gasteiger partial charge on any atom is -0.323 e. The Hall–Kier alpha value is -1.35. The first-order chi connectivity index (χ1) is 8.36. The standard InChI is InChI=1S/C15H23N3/c1-6-11(16)12-13(15(3,4)5)17-14-10(2)8-7-9-18(12)14/h7-9,11H,6,16H2,1-5H3. The Kier molecular flexibility index (Phi) is 3.20. The van der Waals surface area contributed by atoms with Crippen LogP contribution in [-0.2, 0) is 5.41 Å². The van der Waals surface area contributed by atoms with Gasteiger partial charge in [0.15, 0.2) is 0 Å². The van der Waals surface area contributed by atoms with Gasteiger partial charge >= 0.3 is 0 Å². The van der Waals surface area contributed by atoms with Crippen LogP contribution in [0.2, 0.25) is 0 Å². The molecule has 2 heterocycles. The Bertz CT molecular complexity index is 561. The van der Waals surface area contributed by atoms with E-state index in [2.05, 4.69) is 57.3 Å². The number of rotatable bonds is 2. The minimum absolute atomic E-state index is 0.0145. The Labute approximate surface area is 109 Å². The van der Waals surface area contributed by atoms with E-state index in [-0.39, 0.29) is 11.5 Å². The van der Waals surface area contributed by atoms with E-state index in [1.165, 1.54) is 5.56 Å². The fourth-order valence-electron chi connectivity index (χ4n) is 2.32. The number of aryl methyl sites for hydroxylation is 1. The molecule has 0 spiro atoms. The molecule has 1 atom stereocenters. The molecule has 0 saturated carbocycles. The summed E-state index contributed by atoms with van der Waals surface area (Å²) >= 11 is 0. The van der Waals surface area contributed by atoms with Crippen molar-refractivity contribution in [1.29, 1.82) is 0 Å². The largest absolute Gasteiger partial charge is 0.323 e. The second-order valence-electron chi connectivity index (χ2n) is 6.00. The SMILES string of the molecule is CCC(N)c1c(C(C)(C)C)nc2c(C)cccn12. The third kappa shape index (κ3) is 2.03. The minimum atomic E-state index is 0.0145. The Morgan fingerprint density at radius 2 is 2.06 bits per heavy atom. The van der Waals surface area contributed by atoms with Gasteiger partial charge in [0, 0.05) is 17.7 Å². The van der Waals surface area contributed by atoms with Crippen molar-refractivity contribution < 1.29 is 0 Å². The average Bonchev–Trinajstić information content (AvgIpc) is 2.68. The number of nitrogens with zero attached hydrogens (tertiary/aromatic N) is 2. The van der Waals surface area contributed by atoms with Crippen LogP contribution in [0, 0.1) is 6.92 Å². The molecule has 0 aliphatic heterocycles. The lowest BCUT2D eigenvalue weighted by atomic mass is 9.89. The lowest BCUT2D eigenvalue weighted by Crippen LogP contribution is -2.20. The van der Waals surface area contributed by atoms with Crippen molar-refractivity contribution in [2.24, 2.45) is 5.73 Å². The highest BCUT2D eigenvalue weighted by atomic mass is 15.0. The number of imidazole rings is 1. The van der Waals surface area contributed by atoms with Gasteiger partial charge in [-0.05, 0) is 25.0 Å². The Balaban J connectivity index is 2.81. The summed E-state index contributed by atoms with van der Waals surface area (Å²) in [5, 5.41) is 0. The van der Waals surface area contributed by atoms with Crippen molar-refractivity contribution in [3.8, 4) is 0 Å². The summed E-state index contributed by atoms with van der Waals surface area (Å²) in [5.41, 5.74) is 10.8. The molecule has 0 aromatic carbocycles. The van der Waals surface area contributed by atoms with Crippen molar-refractivity contribution in [2.45, 2.75) is 52.5 Å². The molecular weight excluding hydrogens is 222 g/mol. The van der Waals surface area contributed by atoms with Gasteiger partial charge in [-0.3, -0.25) is 0 Å². The molecule has 3 heteroatoms. The van der Waals surface area contributed by atoms with E-state index < -0.39 is 0 Å². The van der Waals surface area contributed by atoms with E-state index in [1.54, 1.807) is 0 Å². The van der Waals surface area contributed by atoms with Crippen molar-refractivity contribution in [2.75, 3.05) is 0 Å². The van der Waals surface area contributed by atoms with Crippen LogP contribution in [0.4, 0.5) is 0 Å². The molecule has 0 radical (unpaired) electrons. The van der Waals surface area contributed by atoms with Gasteiger partial charge in [0.25, 0.3) is 0 Å². The van der Waals surface area contributed by atoms with Gasteiger partial charge in [-0.15, -0.1) is 0 Å². The zero-order chi connectivity index (χ0) is 13.5. The average molecular weight is 245 g/mol. The summed E-state index contributed by atoms with van der Waals surface area (Å²) in [7, 11) is 0. The predicted octanol–water partition coefficient (Wildman–Crippen LogP) is 3.35. The van der Waals surface area contributed by atoms with Gasteiger partial charge in [-0.2, -0.15) is 0 Å². The van der Waals surface area contributed by atoms with Gasteiger partial charge in [0.05, 0.1) is 11.4 Å². The van der Waals surface area contributed by atoms with E-state index in [4.69, 9.17) is 10.7 Å². The molecule has 0 fully saturated rings. The Morgan fingerprint density at radius 1 is 1.39 bits per heavy atom. The van der Waals surface area contributed by atoms with Gasteiger partial charge in [0.1, 0.15) is 5.65 Å². The maximum absolute atomic E-state index is 6.29. The molecule has 2 rings (SSSR count). The predicted molar refractivity (Wildman–Crippen MR) is 75.8 cm³/mol. The van der Waals surface area contributed by atoms with Crippen molar-refractivity contribution in [1.82, 2.24) is 9.38 Å². The van der Waals surface area contributed by atoms with Gasteiger partial charge in [-0.1, -0.05) is 33.8 Å². The summed E-state index contributed by atoms with van der Waals surface area (Å²) in [5.74, 6) is 0. The van der Waals surface area contributed by atoms with E-state index >= 15 is 0 Å². The molecule has 3 nitrogen and oxygen atoms in total. The molecular formula is C15H23N3. The monoisotopic (exact) mass is 245 g/mol. The first-order valence-corrected chi connectivity index (χ1v) is 6.60. The zero-order valence-corrected chi connectivity index (χ0v) is 12.0. The van der Waals surface area contributed by atoms with Crippen LogP contribution in [0.1, 0.15) is 57.1 Å². The maximum Gasteiger partial charge on any atom is 0.140 e. The molecule has 0 saturated heterocycles. The second-order valence-corrected chi connectivity index (χ2v) is 6.00. The molecule has 2 aromatic rings. The highest BCUT2D eigenvalue weighted by Gasteiger charge is 2.26. The van der Waals surface area contributed by atoms with E-state index in [1.807, 2.05) is 0 Å². The molecule has 18 heavy (non-hydrogen) atoms. The fourth-order valence-corrected chi connectivity index (χ4v) is 2.32. The topological polar surface area (TPSA) is 43.3 Å². The summed E-state index contributed by atoms with van der Waals surface area (Å²) < 4.78 is 2.16. The van der Waals surface area contributed by atoms with E-state index in [0.29, 0.717) is 0 Å². The zero-order valence-electron chi connectivity index (χ0n) is 12.0. The van der Waals surface area contributed by atoms with E-state index in [0.717, 1.165) is 23.5 Å². The number of fused-ring (bicyclic) bond motifs is 1. The normalized spacial score (nSPS) is 14.1. The lowest BCUT2D eigenvalue weighted by molar-refractivity contribution is 0.545. The van der Waals surface area contributed by atoms with Crippen LogP contribution in [0.3, 0.4) is 0 Å². The molecule has 0 aliphatic carbocycles. The van der Waals surface area contributed by atoms with Crippen LogP contribution in [0.5, 0.6) is 0 Å². The van der Waals surface area contributed by atoms with Crippen LogP contribution in [0.15, 0.2) is 18.3 Å². The van der Waals surface area contributed by atoms with Crippen molar-refractivity contribution in [3.05, 3.63) is 35.3 Å². The molecule has 1 unspecified atom stereocenters. The van der Waals surface area contributed by atoms with Gasteiger partial charge in [-0.25, -0.2) is 4.98 Å². The molecule has 0 amide bonds. The first kappa shape index (κ1) is 13.1. The highest BCUT2D eigenvalue weighted by molar-refractivity contribution is 5.52. The third-order valence-corrected chi connectivity index (χ3v) is 3.38. The Morgan fingerprint density at radius 3 is 2.61 bits per heavy atom. The number of hydrogen-bond donors (Lipinski definition) is 1. The third-order valence-electron chi connectivity index (χ3n) is 3.38. The van der Waals surface area contributed by atoms with Crippen LogP contribution < -0.4 is 5.73 Å². The summed E-state index contributed by atoms with van der Waals surface area (Å²) in [6.45, 7) is 10.8. The number of aromatic nitrogens is 2.